The lowest BCUT2D eigenvalue weighted by Gasteiger charge is -2.14. The SMILES string of the molecule is CCNc1nc(-c2c(C)cccc2C)nc(C2CC2)c1Br. The van der Waals surface area contributed by atoms with Gasteiger partial charge in [-0.2, -0.15) is 0 Å². The van der Waals surface area contributed by atoms with E-state index >= 15 is 0 Å². The lowest BCUT2D eigenvalue weighted by Crippen LogP contribution is -2.06. The first-order valence-electron chi connectivity index (χ1n) is 7.49. The molecule has 0 radical (unpaired) electrons. The molecule has 0 aliphatic heterocycles. The van der Waals surface area contributed by atoms with Crippen LogP contribution in [0, 0.1) is 13.8 Å². The molecule has 0 bridgehead atoms. The third-order valence-electron chi connectivity index (χ3n) is 3.89. The highest BCUT2D eigenvalue weighted by molar-refractivity contribution is 9.10. The molecule has 1 aromatic heterocycles. The van der Waals surface area contributed by atoms with Crippen molar-refractivity contribution in [3.63, 3.8) is 0 Å². The molecule has 3 nitrogen and oxygen atoms in total. The Morgan fingerprint density at radius 1 is 1.19 bits per heavy atom. The number of nitrogens with one attached hydrogen (secondary N) is 1. The number of hydrogen-bond acceptors (Lipinski definition) is 3. The van der Waals surface area contributed by atoms with E-state index in [-0.39, 0.29) is 0 Å². The quantitative estimate of drug-likeness (QED) is 0.861. The van der Waals surface area contributed by atoms with Gasteiger partial charge in [-0.3, -0.25) is 0 Å². The molecule has 2 aromatic rings. The van der Waals surface area contributed by atoms with E-state index in [1.807, 2.05) is 0 Å². The minimum absolute atomic E-state index is 0.586. The summed E-state index contributed by atoms with van der Waals surface area (Å²) >= 11 is 3.68. The van der Waals surface area contributed by atoms with E-state index in [0.29, 0.717) is 5.92 Å². The van der Waals surface area contributed by atoms with Gasteiger partial charge in [0.25, 0.3) is 0 Å². The van der Waals surface area contributed by atoms with Crippen LogP contribution in [-0.2, 0) is 0 Å². The van der Waals surface area contributed by atoms with Gasteiger partial charge in [0, 0.05) is 18.0 Å². The van der Waals surface area contributed by atoms with Gasteiger partial charge in [-0.15, -0.1) is 0 Å². The summed E-state index contributed by atoms with van der Waals surface area (Å²) in [5.41, 5.74) is 4.76. The summed E-state index contributed by atoms with van der Waals surface area (Å²) in [7, 11) is 0. The zero-order chi connectivity index (χ0) is 15.0. The first-order valence-corrected chi connectivity index (χ1v) is 8.29. The van der Waals surface area contributed by atoms with Crippen molar-refractivity contribution >= 4 is 21.7 Å². The van der Waals surface area contributed by atoms with Gasteiger partial charge in [0.1, 0.15) is 5.82 Å². The van der Waals surface area contributed by atoms with Crippen molar-refractivity contribution in [3.8, 4) is 11.4 Å². The second-order valence-corrected chi connectivity index (χ2v) is 6.46. The van der Waals surface area contributed by atoms with E-state index in [9.17, 15) is 0 Å². The summed E-state index contributed by atoms with van der Waals surface area (Å²) in [5.74, 6) is 2.33. The Morgan fingerprint density at radius 2 is 1.86 bits per heavy atom. The summed E-state index contributed by atoms with van der Waals surface area (Å²) in [6.07, 6.45) is 2.46. The molecule has 21 heavy (non-hydrogen) atoms. The van der Waals surface area contributed by atoms with Crippen molar-refractivity contribution in [2.24, 2.45) is 0 Å². The van der Waals surface area contributed by atoms with Crippen LogP contribution in [0.15, 0.2) is 22.7 Å². The molecule has 1 N–H and O–H groups in total. The lowest BCUT2D eigenvalue weighted by atomic mass is 10.0. The normalized spacial score (nSPS) is 14.3. The standard InChI is InChI=1S/C17H20BrN3/c1-4-19-17-14(18)15(12-8-9-12)20-16(21-17)13-10(2)6-5-7-11(13)3/h5-7,12H,4,8-9H2,1-3H3,(H,19,20,21). The minimum atomic E-state index is 0.586. The molecule has 0 spiro atoms. The Kier molecular flexibility index (Phi) is 3.98. The number of aromatic nitrogens is 2. The summed E-state index contributed by atoms with van der Waals surface area (Å²) in [4.78, 5) is 9.63. The average Bonchev–Trinajstić information content (AvgIpc) is 3.26. The maximum absolute atomic E-state index is 4.87. The molecule has 3 rings (SSSR count). The zero-order valence-electron chi connectivity index (χ0n) is 12.7. The largest absolute Gasteiger partial charge is 0.369 e. The predicted molar refractivity (Wildman–Crippen MR) is 90.8 cm³/mol. The number of rotatable bonds is 4. The highest BCUT2D eigenvalue weighted by Gasteiger charge is 2.29. The molecule has 1 saturated carbocycles. The smallest absolute Gasteiger partial charge is 0.162 e. The number of benzene rings is 1. The van der Waals surface area contributed by atoms with E-state index in [0.717, 1.165) is 33.9 Å². The van der Waals surface area contributed by atoms with Crippen molar-refractivity contribution in [1.82, 2.24) is 9.97 Å². The van der Waals surface area contributed by atoms with E-state index in [1.54, 1.807) is 0 Å². The maximum Gasteiger partial charge on any atom is 0.162 e. The second-order valence-electron chi connectivity index (χ2n) is 5.67. The first-order chi connectivity index (χ1) is 10.1. The molecule has 0 unspecified atom stereocenters. The van der Waals surface area contributed by atoms with Gasteiger partial charge in [0.05, 0.1) is 10.2 Å². The van der Waals surface area contributed by atoms with Crippen molar-refractivity contribution in [3.05, 3.63) is 39.5 Å². The molecule has 1 heterocycles. The van der Waals surface area contributed by atoms with Crippen molar-refractivity contribution < 1.29 is 0 Å². The number of halogens is 1. The number of hydrogen-bond donors (Lipinski definition) is 1. The monoisotopic (exact) mass is 345 g/mol. The number of anilines is 1. The van der Waals surface area contributed by atoms with Crippen molar-refractivity contribution in [2.75, 3.05) is 11.9 Å². The molecule has 0 atom stereocenters. The van der Waals surface area contributed by atoms with E-state index < -0.39 is 0 Å². The van der Waals surface area contributed by atoms with Gasteiger partial charge in [-0.1, -0.05) is 18.2 Å². The summed E-state index contributed by atoms with van der Waals surface area (Å²) in [6, 6.07) is 6.33. The Hall–Kier alpha value is -1.42. The molecule has 0 saturated heterocycles. The van der Waals surface area contributed by atoms with Gasteiger partial charge in [-0.25, -0.2) is 9.97 Å². The van der Waals surface area contributed by atoms with Crippen LogP contribution in [0.3, 0.4) is 0 Å². The van der Waals surface area contributed by atoms with Crippen LogP contribution in [0.5, 0.6) is 0 Å². The van der Waals surface area contributed by atoms with E-state index in [1.165, 1.54) is 24.0 Å². The third-order valence-corrected chi connectivity index (χ3v) is 4.67. The number of aryl methyl sites for hydroxylation is 2. The van der Waals surface area contributed by atoms with E-state index in [2.05, 4.69) is 60.2 Å². The molecule has 1 aliphatic carbocycles. The fourth-order valence-electron chi connectivity index (χ4n) is 2.66. The molecular weight excluding hydrogens is 326 g/mol. The summed E-state index contributed by atoms with van der Waals surface area (Å²) in [6.45, 7) is 7.19. The summed E-state index contributed by atoms with van der Waals surface area (Å²) < 4.78 is 1.03. The van der Waals surface area contributed by atoms with Crippen LogP contribution in [-0.4, -0.2) is 16.5 Å². The van der Waals surface area contributed by atoms with Gasteiger partial charge in [-0.05, 0) is 60.7 Å². The molecule has 0 amide bonds. The van der Waals surface area contributed by atoms with E-state index in [4.69, 9.17) is 9.97 Å². The molecule has 1 fully saturated rings. The first kappa shape index (κ1) is 14.5. The van der Waals surface area contributed by atoms with Gasteiger partial charge < -0.3 is 5.32 Å². The lowest BCUT2D eigenvalue weighted by molar-refractivity contribution is 0.971. The Morgan fingerprint density at radius 3 is 2.43 bits per heavy atom. The third kappa shape index (κ3) is 2.82. The van der Waals surface area contributed by atoms with Gasteiger partial charge in [0.2, 0.25) is 0 Å². The second kappa shape index (κ2) is 5.76. The Labute approximate surface area is 134 Å². The predicted octanol–water partition coefficient (Wildman–Crippen LogP) is 4.83. The molecule has 1 aromatic carbocycles. The number of nitrogens with zero attached hydrogens (tertiary/aromatic N) is 2. The average molecular weight is 346 g/mol. The van der Waals surface area contributed by atoms with Crippen LogP contribution >= 0.6 is 15.9 Å². The van der Waals surface area contributed by atoms with Crippen molar-refractivity contribution in [2.45, 2.75) is 39.5 Å². The topological polar surface area (TPSA) is 37.8 Å². The molecule has 4 heteroatoms. The van der Waals surface area contributed by atoms with Crippen LogP contribution < -0.4 is 5.32 Å². The molecule has 1 aliphatic rings. The molecule has 110 valence electrons. The van der Waals surface area contributed by atoms with Crippen LogP contribution in [0.25, 0.3) is 11.4 Å². The van der Waals surface area contributed by atoms with Crippen LogP contribution in [0.4, 0.5) is 5.82 Å². The van der Waals surface area contributed by atoms with Gasteiger partial charge in [0.15, 0.2) is 5.82 Å². The van der Waals surface area contributed by atoms with Gasteiger partial charge >= 0.3 is 0 Å². The Bertz CT molecular complexity index is 658. The zero-order valence-corrected chi connectivity index (χ0v) is 14.3. The minimum Gasteiger partial charge on any atom is -0.369 e. The fourth-order valence-corrected chi connectivity index (χ4v) is 3.30. The van der Waals surface area contributed by atoms with Crippen molar-refractivity contribution in [1.29, 1.82) is 0 Å². The maximum atomic E-state index is 4.87. The summed E-state index contributed by atoms with van der Waals surface area (Å²) in [5, 5.41) is 3.35. The van der Waals surface area contributed by atoms with Crippen LogP contribution in [0.2, 0.25) is 0 Å². The fraction of sp³-hybridized carbons (Fsp3) is 0.412. The highest BCUT2D eigenvalue weighted by Crippen LogP contribution is 2.44. The Balaban J connectivity index is 2.18. The molecular formula is C17H20BrN3. The highest BCUT2D eigenvalue weighted by atomic mass is 79.9. The van der Waals surface area contributed by atoms with Crippen LogP contribution in [0.1, 0.15) is 42.5 Å².